The van der Waals surface area contributed by atoms with E-state index in [0.717, 1.165) is 38.9 Å². The fraction of sp³-hybridized carbons (Fsp3) is 0.250. The van der Waals surface area contributed by atoms with Crippen molar-refractivity contribution in [2.24, 2.45) is 5.73 Å². The molecule has 0 atom stereocenters. The molecule has 0 aliphatic carbocycles. The number of halogens is 1. The number of carbonyl (C=O) groups is 1. The maximum Gasteiger partial charge on any atom is 0.326 e. The number of primary amides is 1. The molecule has 2 N–H and O–H groups in total. The van der Waals surface area contributed by atoms with E-state index in [9.17, 15) is 4.79 Å². The van der Waals surface area contributed by atoms with Gasteiger partial charge in [-0.3, -0.25) is 0 Å². The highest BCUT2D eigenvalue weighted by molar-refractivity contribution is 6.31. The molecule has 3 aromatic carbocycles. The van der Waals surface area contributed by atoms with E-state index in [1.54, 1.807) is 11.0 Å². The number of rotatable bonds is 5. The van der Waals surface area contributed by atoms with Crippen LogP contribution < -0.4 is 10.6 Å². The molecule has 1 heterocycles. The van der Waals surface area contributed by atoms with E-state index >= 15 is 0 Å². The van der Waals surface area contributed by atoms with Gasteiger partial charge in [-0.15, -0.1) is 0 Å². The lowest BCUT2D eigenvalue weighted by Crippen LogP contribution is -2.33. The topological polar surface area (TPSA) is 59.5 Å². The third-order valence-electron chi connectivity index (χ3n) is 6.04. The molecule has 0 saturated heterocycles. The van der Waals surface area contributed by atoms with Crippen LogP contribution in [-0.2, 0) is 0 Å². The second kappa shape index (κ2) is 8.95. The molecule has 4 nitrogen and oxygen atoms in total. The number of nitrogens with two attached hydrogens (primary N) is 1. The van der Waals surface area contributed by atoms with Crippen molar-refractivity contribution in [1.82, 2.24) is 0 Å². The van der Waals surface area contributed by atoms with Crippen LogP contribution in [0.4, 0.5) is 16.4 Å². The summed E-state index contributed by atoms with van der Waals surface area (Å²) in [5.41, 5.74) is 12.4. The van der Waals surface area contributed by atoms with Crippen molar-refractivity contribution >= 4 is 40.2 Å². The fourth-order valence-corrected chi connectivity index (χ4v) is 4.58. The van der Waals surface area contributed by atoms with Gasteiger partial charge in [-0.25, -0.2) is 9.69 Å². The van der Waals surface area contributed by atoms with E-state index in [0.29, 0.717) is 16.5 Å². The standard InChI is InChI=1S/C28H29ClN2O2/c1-16(2)20-11-8-12-21(17(3)4)26(20)31(28(30)32)27-25(22-10-7-6-9-18(22)5)23-15-19(29)13-14-24(23)33-27/h6-17H,1-5H3,(H2,30,32). The van der Waals surface area contributed by atoms with Crippen LogP contribution in [0.3, 0.4) is 0 Å². The molecular weight excluding hydrogens is 432 g/mol. The number of urea groups is 1. The van der Waals surface area contributed by atoms with Crippen molar-refractivity contribution in [3.63, 3.8) is 0 Å². The van der Waals surface area contributed by atoms with Crippen LogP contribution in [0.1, 0.15) is 56.2 Å². The minimum Gasteiger partial charge on any atom is -0.439 e. The van der Waals surface area contributed by atoms with E-state index in [-0.39, 0.29) is 11.8 Å². The number of hydrogen-bond acceptors (Lipinski definition) is 2. The lowest BCUT2D eigenvalue weighted by molar-refractivity contribution is 0.255. The van der Waals surface area contributed by atoms with Crippen LogP contribution in [0.25, 0.3) is 22.1 Å². The van der Waals surface area contributed by atoms with E-state index in [4.69, 9.17) is 21.8 Å². The first-order valence-electron chi connectivity index (χ1n) is 11.2. The lowest BCUT2D eigenvalue weighted by Gasteiger charge is -2.28. The Kier molecular flexibility index (Phi) is 6.22. The molecule has 2 amide bonds. The second-order valence-electron chi connectivity index (χ2n) is 9.01. The number of amides is 2. The number of carbonyl (C=O) groups excluding carboxylic acids is 1. The van der Waals surface area contributed by atoms with E-state index in [1.807, 2.05) is 49.4 Å². The Balaban J connectivity index is 2.13. The number of aryl methyl sites for hydroxylation is 1. The summed E-state index contributed by atoms with van der Waals surface area (Å²) in [5, 5.41) is 1.44. The molecule has 4 aromatic rings. The highest BCUT2D eigenvalue weighted by atomic mass is 35.5. The number of furan rings is 1. The summed E-state index contributed by atoms with van der Waals surface area (Å²) < 4.78 is 6.38. The molecule has 0 aliphatic heterocycles. The first kappa shape index (κ1) is 22.9. The van der Waals surface area contributed by atoms with Crippen molar-refractivity contribution in [2.45, 2.75) is 46.5 Å². The second-order valence-corrected chi connectivity index (χ2v) is 9.44. The molecule has 0 spiro atoms. The van der Waals surface area contributed by atoms with Crippen LogP contribution >= 0.6 is 11.6 Å². The molecule has 4 rings (SSSR count). The SMILES string of the molecule is Cc1ccccc1-c1c(N(C(N)=O)c2c(C(C)C)cccc2C(C)C)oc2ccc(Cl)cc12. The van der Waals surface area contributed by atoms with Gasteiger partial charge in [-0.2, -0.15) is 0 Å². The van der Waals surface area contributed by atoms with Gasteiger partial charge in [0.2, 0.25) is 5.88 Å². The summed E-state index contributed by atoms with van der Waals surface area (Å²) in [6.45, 7) is 10.5. The Hall–Kier alpha value is -3.24. The molecule has 0 unspecified atom stereocenters. The van der Waals surface area contributed by atoms with E-state index < -0.39 is 6.03 Å². The predicted molar refractivity (Wildman–Crippen MR) is 138 cm³/mol. The maximum absolute atomic E-state index is 13.1. The molecule has 0 radical (unpaired) electrons. The molecule has 33 heavy (non-hydrogen) atoms. The Morgan fingerprint density at radius 3 is 2.15 bits per heavy atom. The van der Waals surface area contributed by atoms with Gasteiger partial charge in [0.25, 0.3) is 0 Å². The fourth-order valence-electron chi connectivity index (χ4n) is 4.41. The zero-order chi connectivity index (χ0) is 23.9. The largest absolute Gasteiger partial charge is 0.439 e. The van der Waals surface area contributed by atoms with Crippen LogP contribution in [0, 0.1) is 6.92 Å². The number of anilines is 2. The first-order chi connectivity index (χ1) is 15.7. The van der Waals surface area contributed by atoms with Gasteiger partial charge >= 0.3 is 6.03 Å². The highest BCUT2D eigenvalue weighted by Crippen LogP contribution is 2.47. The Labute approximate surface area is 200 Å². The van der Waals surface area contributed by atoms with Crippen LogP contribution in [0.15, 0.2) is 65.1 Å². The summed E-state index contributed by atoms with van der Waals surface area (Å²) in [5.74, 6) is 0.770. The average Bonchev–Trinajstić information content (AvgIpc) is 3.11. The molecule has 1 aromatic heterocycles. The van der Waals surface area contributed by atoms with Gasteiger partial charge in [-0.1, -0.05) is 81.8 Å². The maximum atomic E-state index is 13.1. The van der Waals surface area contributed by atoms with Gasteiger partial charge in [0.05, 0.1) is 11.3 Å². The van der Waals surface area contributed by atoms with E-state index in [1.165, 1.54) is 0 Å². The lowest BCUT2D eigenvalue weighted by atomic mass is 9.91. The van der Waals surface area contributed by atoms with Crippen LogP contribution in [0.2, 0.25) is 5.02 Å². The highest BCUT2D eigenvalue weighted by Gasteiger charge is 2.31. The summed E-state index contributed by atoms with van der Waals surface area (Å²) in [6, 6.07) is 19.1. The van der Waals surface area contributed by atoms with Gasteiger partial charge < -0.3 is 10.2 Å². The van der Waals surface area contributed by atoms with E-state index in [2.05, 4.69) is 39.8 Å². The monoisotopic (exact) mass is 460 g/mol. The van der Waals surface area contributed by atoms with Crippen molar-refractivity contribution in [2.75, 3.05) is 4.90 Å². The van der Waals surface area contributed by atoms with Crippen molar-refractivity contribution in [1.29, 1.82) is 0 Å². The number of benzene rings is 3. The summed E-state index contributed by atoms with van der Waals surface area (Å²) in [6.07, 6.45) is 0. The summed E-state index contributed by atoms with van der Waals surface area (Å²) >= 11 is 6.37. The molecular formula is C28H29ClN2O2. The van der Waals surface area contributed by atoms with Crippen molar-refractivity contribution in [3.05, 3.63) is 82.4 Å². The summed E-state index contributed by atoms with van der Waals surface area (Å²) in [4.78, 5) is 14.7. The van der Waals surface area contributed by atoms with Gasteiger partial charge in [-0.05, 0) is 59.2 Å². The first-order valence-corrected chi connectivity index (χ1v) is 11.6. The minimum absolute atomic E-state index is 0.182. The predicted octanol–water partition coefficient (Wildman–Crippen LogP) is 8.53. The molecule has 0 bridgehead atoms. The van der Waals surface area contributed by atoms with Crippen LogP contribution in [0.5, 0.6) is 0 Å². The quantitative estimate of drug-likeness (QED) is 0.324. The Morgan fingerprint density at radius 1 is 0.939 bits per heavy atom. The molecule has 170 valence electrons. The smallest absolute Gasteiger partial charge is 0.326 e. The average molecular weight is 461 g/mol. The van der Waals surface area contributed by atoms with Crippen molar-refractivity contribution in [3.8, 4) is 11.1 Å². The van der Waals surface area contributed by atoms with Gasteiger partial charge in [0.1, 0.15) is 5.58 Å². The van der Waals surface area contributed by atoms with Gasteiger partial charge in [0, 0.05) is 10.4 Å². The number of hydrogen-bond donors (Lipinski definition) is 1. The number of para-hydroxylation sites is 1. The molecule has 0 fully saturated rings. The van der Waals surface area contributed by atoms with Crippen molar-refractivity contribution < 1.29 is 9.21 Å². The molecule has 5 heteroatoms. The van der Waals surface area contributed by atoms with Gasteiger partial charge in [0.15, 0.2) is 0 Å². The molecule has 0 saturated carbocycles. The third-order valence-corrected chi connectivity index (χ3v) is 6.27. The zero-order valence-corrected chi connectivity index (χ0v) is 20.4. The Morgan fingerprint density at radius 2 is 1.58 bits per heavy atom. The summed E-state index contributed by atoms with van der Waals surface area (Å²) in [7, 11) is 0. The van der Waals surface area contributed by atoms with Crippen LogP contribution in [-0.4, -0.2) is 6.03 Å². The number of nitrogens with zero attached hydrogens (tertiary/aromatic N) is 1. The molecule has 0 aliphatic rings. The normalized spacial score (nSPS) is 11.5. The Bertz CT molecular complexity index is 1310. The minimum atomic E-state index is -0.593. The third kappa shape index (κ3) is 4.11. The zero-order valence-electron chi connectivity index (χ0n) is 19.6. The number of fused-ring (bicyclic) bond motifs is 1.